The van der Waals surface area contributed by atoms with E-state index in [4.69, 9.17) is 9.47 Å². The van der Waals surface area contributed by atoms with Crippen molar-refractivity contribution in [3.63, 3.8) is 0 Å². The lowest BCUT2D eigenvalue weighted by Gasteiger charge is -2.17. The zero-order chi connectivity index (χ0) is 8.81. The van der Waals surface area contributed by atoms with E-state index in [1.165, 1.54) is 0 Å². The van der Waals surface area contributed by atoms with Gasteiger partial charge >= 0.3 is 0 Å². The van der Waals surface area contributed by atoms with Gasteiger partial charge in [-0.3, -0.25) is 0 Å². The molecule has 14 heavy (non-hydrogen) atoms. The molecule has 1 heterocycles. The highest BCUT2D eigenvalue weighted by Gasteiger charge is 2.07. The molecule has 2 heteroatoms. The van der Waals surface area contributed by atoms with Gasteiger partial charge in [0.05, 0.1) is 0 Å². The third kappa shape index (κ3) is 3.69. The second-order valence-electron chi connectivity index (χ2n) is 2.14. The second kappa shape index (κ2) is 8.42. The molecule has 0 saturated carbocycles. The van der Waals surface area contributed by atoms with Gasteiger partial charge < -0.3 is 9.47 Å². The normalized spacial score (nSPS) is 11.0. The molecule has 1 aliphatic heterocycles. The highest BCUT2D eigenvalue weighted by atomic mass is 16.6. The Labute approximate surface area is 87.9 Å². The summed E-state index contributed by atoms with van der Waals surface area (Å²) in [6, 6.07) is 7.70. The van der Waals surface area contributed by atoms with Crippen molar-refractivity contribution in [3.8, 4) is 11.5 Å². The lowest BCUT2D eigenvalue weighted by Crippen LogP contribution is -2.14. The first-order chi connectivity index (χ1) is 5.97. The Balaban J connectivity index is 0. The lowest BCUT2D eigenvalue weighted by molar-refractivity contribution is 0.171. The molecule has 0 radical (unpaired) electrons. The van der Waals surface area contributed by atoms with E-state index in [1.807, 2.05) is 38.1 Å². The largest absolute Gasteiger partial charge is 0.486 e. The average Bonchev–Trinajstić information content (AvgIpc) is 2.21. The van der Waals surface area contributed by atoms with E-state index in [0.717, 1.165) is 11.5 Å². The molecular weight excluding hydrogens is 176 g/mol. The molecule has 0 amide bonds. The third-order valence-corrected chi connectivity index (χ3v) is 1.45. The van der Waals surface area contributed by atoms with Crippen molar-refractivity contribution in [3.05, 3.63) is 24.3 Å². The van der Waals surface area contributed by atoms with Crippen LogP contribution in [0.1, 0.15) is 28.7 Å². The van der Waals surface area contributed by atoms with Crippen LogP contribution in [0.25, 0.3) is 0 Å². The van der Waals surface area contributed by atoms with Gasteiger partial charge in [-0.1, -0.05) is 40.8 Å². The molecule has 1 aromatic carbocycles. The molecule has 2 rings (SSSR count). The standard InChI is InChI=1S/C8H8O2.C2H6.2CH4/c1-2-4-8-7(3-1)9-5-6-10-8;1-2;;/h1-4H,5-6H2;1-2H3;2*1H4. The zero-order valence-electron chi connectivity index (χ0n) is 7.54. The Morgan fingerprint density at radius 2 is 1.21 bits per heavy atom. The van der Waals surface area contributed by atoms with Gasteiger partial charge in [-0.25, -0.2) is 0 Å². The molecule has 0 N–H and O–H groups in total. The van der Waals surface area contributed by atoms with Gasteiger partial charge in [0.2, 0.25) is 0 Å². The van der Waals surface area contributed by atoms with Crippen molar-refractivity contribution in [2.75, 3.05) is 13.2 Å². The zero-order valence-corrected chi connectivity index (χ0v) is 7.54. The molecule has 0 saturated heterocycles. The molecule has 0 spiro atoms. The van der Waals surface area contributed by atoms with Gasteiger partial charge in [0, 0.05) is 0 Å². The quantitative estimate of drug-likeness (QED) is 0.632. The van der Waals surface area contributed by atoms with Crippen molar-refractivity contribution in [1.82, 2.24) is 0 Å². The molecular formula is C12H22O2. The molecule has 1 aliphatic rings. The Bertz CT molecular complexity index is 209. The SMILES string of the molecule is C.C.CC.c1ccc2c(c1)OCCO2. The van der Waals surface area contributed by atoms with Gasteiger partial charge in [-0.15, -0.1) is 0 Å². The summed E-state index contributed by atoms with van der Waals surface area (Å²) in [5.41, 5.74) is 0. The van der Waals surface area contributed by atoms with Crippen molar-refractivity contribution < 1.29 is 9.47 Å². The predicted octanol–water partition coefficient (Wildman–Crippen LogP) is 3.76. The number of hydrogen-bond acceptors (Lipinski definition) is 2. The monoisotopic (exact) mass is 198 g/mol. The van der Waals surface area contributed by atoms with Gasteiger partial charge in [0.25, 0.3) is 0 Å². The second-order valence-corrected chi connectivity index (χ2v) is 2.14. The first-order valence-corrected chi connectivity index (χ1v) is 4.31. The first kappa shape index (κ1) is 15.3. The fourth-order valence-corrected chi connectivity index (χ4v) is 0.992. The molecule has 0 aromatic heterocycles. The van der Waals surface area contributed by atoms with Crippen LogP contribution in [-0.4, -0.2) is 13.2 Å². The molecule has 1 aromatic rings. The topological polar surface area (TPSA) is 18.5 Å². The minimum atomic E-state index is 0. The lowest BCUT2D eigenvalue weighted by atomic mass is 10.3. The Hall–Kier alpha value is -1.18. The fraction of sp³-hybridized carbons (Fsp3) is 0.500. The van der Waals surface area contributed by atoms with Gasteiger partial charge in [0.1, 0.15) is 13.2 Å². The van der Waals surface area contributed by atoms with Crippen LogP contribution in [-0.2, 0) is 0 Å². The molecule has 2 nitrogen and oxygen atoms in total. The summed E-state index contributed by atoms with van der Waals surface area (Å²) < 4.78 is 10.6. The molecule has 0 atom stereocenters. The Kier molecular flexibility index (Phi) is 9.20. The summed E-state index contributed by atoms with van der Waals surface area (Å²) in [5.74, 6) is 1.71. The summed E-state index contributed by atoms with van der Waals surface area (Å²) in [5, 5.41) is 0. The molecule has 0 aliphatic carbocycles. The maximum absolute atomic E-state index is 5.30. The molecule has 82 valence electrons. The van der Waals surface area contributed by atoms with Crippen LogP contribution in [0.4, 0.5) is 0 Å². The summed E-state index contributed by atoms with van der Waals surface area (Å²) in [7, 11) is 0. The highest BCUT2D eigenvalue weighted by Crippen LogP contribution is 2.28. The van der Waals surface area contributed by atoms with E-state index in [-0.39, 0.29) is 14.9 Å². The number of fused-ring (bicyclic) bond motifs is 1. The van der Waals surface area contributed by atoms with Crippen LogP contribution in [0.5, 0.6) is 11.5 Å². The number of benzene rings is 1. The molecule has 0 fully saturated rings. The van der Waals surface area contributed by atoms with Crippen LogP contribution < -0.4 is 9.47 Å². The fourth-order valence-electron chi connectivity index (χ4n) is 0.992. The maximum atomic E-state index is 5.30. The minimum absolute atomic E-state index is 0. The summed E-state index contributed by atoms with van der Waals surface area (Å²) in [6.45, 7) is 5.33. The van der Waals surface area contributed by atoms with E-state index in [9.17, 15) is 0 Å². The smallest absolute Gasteiger partial charge is 0.161 e. The number of rotatable bonds is 0. The van der Waals surface area contributed by atoms with Crippen LogP contribution in [0.3, 0.4) is 0 Å². The average molecular weight is 198 g/mol. The van der Waals surface area contributed by atoms with Crippen LogP contribution >= 0.6 is 0 Å². The number of para-hydroxylation sites is 2. The minimum Gasteiger partial charge on any atom is -0.486 e. The van der Waals surface area contributed by atoms with Crippen molar-refractivity contribution >= 4 is 0 Å². The van der Waals surface area contributed by atoms with Crippen molar-refractivity contribution in [1.29, 1.82) is 0 Å². The number of hydrogen-bond donors (Lipinski definition) is 0. The third-order valence-electron chi connectivity index (χ3n) is 1.45. The molecule has 0 bridgehead atoms. The first-order valence-electron chi connectivity index (χ1n) is 4.31. The van der Waals surface area contributed by atoms with E-state index < -0.39 is 0 Å². The maximum Gasteiger partial charge on any atom is 0.161 e. The predicted molar refractivity (Wildman–Crippen MR) is 62.2 cm³/mol. The van der Waals surface area contributed by atoms with Gasteiger partial charge in [0.15, 0.2) is 11.5 Å². The van der Waals surface area contributed by atoms with Crippen molar-refractivity contribution in [2.45, 2.75) is 28.7 Å². The summed E-state index contributed by atoms with van der Waals surface area (Å²) in [6.07, 6.45) is 0. The molecule has 0 unspecified atom stereocenters. The van der Waals surface area contributed by atoms with E-state index in [1.54, 1.807) is 0 Å². The summed E-state index contributed by atoms with van der Waals surface area (Å²) >= 11 is 0. The van der Waals surface area contributed by atoms with Crippen molar-refractivity contribution in [2.24, 2.45) is 0 Å². The van der Waals surface area contributed by atoms with Gasteiger partial charge in [-0.05, 0) is 12.1 Å². The van der Waals surface area contributed by atoms with E-state index in [2.05, 4.69) is 0 Å². The Morgan fingerprint density at radius 1 is 0.857 bits per heavy atom. The highest BCUT2D eigenvalue weighted by molar-refractivity contribution is 5.40. The van der Waals surface area contributed by atoms with E-state index in [0.29, 0.717) is 13.2 Å². The summed E-state index contributed by atoms with van der Waals surface area (Å²) in [4.78, 5) is 0. The van der Waals surface area contributed by atoms with Crippen LogP contribution in [0.15, 0.2) is 24.3 Å². The van der Waals surface area contributed by atoms with E-state index >= 15 is 0 Å². The van der Waals surface area contributed by atoms with Crippen LogP contribution in [0, 0.1) is 0 Å². The van der Waals surface area contributed by atoms with Gasteiger partial charge in [-0.2, -0.15) is 0 Å². The van der Waals surface area contributed by atoms with Crippen LogP contribution in [0.2, 0.25) is 0 Å². The number of ether oxygens (including phenoxy) is 2. The Morgan fingerprint density at radius 3 is 1.57 bits per heavy atom.